The third-order valence-electron chi connectivity index (χ3n) is 5.94. The molecule has 0 radical (unpaired) electrons. The number of nitrogens with zero attached hydrogens (tertiary/aromatic N) is 1. The van der Waals surface area contributed by atoms with E-state index in [0.717, 1.165) is 15.6 Å². The normalized spacial score (nSPS) is 14.6. The minimum Gasteiger partial charge on any atom is -0.373 e. The molecule has 0 aromatic heterocycles. The molecule has 1 fully saturated rings. The number of halogens is 3. The predicted octanol–water partition coefficient (Wildman–Crippen LogP) is 6.69. The Morgan fingerprint density at radius 1 is 1.06 bits per heavy atom. The van der Waals surface area contributed by atoms with Gasteiger partial charge in [-0.15, -0.1) is 0 Å². The maximum atomic E-state index is 13.3. The molecule has 0 aliphatic carbocycles. The van der Waals surface area contributed by atoms with Crippen LogP contribution in [0.25, 0.3) is 0 Å². The van der Waals surface area contributed by atoms with Gasteiger partial charge in [0, 0.05) is 23.2 Å². The summed E-state index contributed by atoms with van der Waals surface area (Å²) in [5, 5.41) is 0.0462. The van der Waals surface area contributed by atoms with Crippen LogP contribution in [0.5, 0.6) is 0 Å². The number of hydrogen-bond donors (Lipinski definition) is 1. The van der Waals surface area contributed by atoms with Crippen LogP contribution < -0.4 is 4.72 Å². The van der Waals surface area contributed by atoms with Gasteiger partial charge in [0.2, 0.25) is 0 Å². The van der Waals surface area contributed by atoms with Gasteiger partial charge in [0.1, 0.15) is 4.90 Å². The molecule has 1 aliphatic heterocycles. The Balaban J connectivity index is 1.43. The smallest absolute Gasteiger partial charge is 0.263 e. The van der Waals surface area contributed by atoms with Crippen LogP contribution in [0.2, 0.25) is 10.0 Å². The summed E-state index contributed by atoms with van der Waals surface area (Å²) in [4.78, 5) is 14.7. The summed E-state index contributed by atoms with van der Waals surface area (Å²) in [6.07, 6.45) is 1.38. The van der Waals surface area contributed by atoms with Gasteiger partial charge in [-0.05, 0) is 67.3 Å². The van der Waals surface area contributed by atoms with Gasteiger partial charge in [-0.1, -0.05) is 63.4 Å². The van der Waals surface area contributed by atoms with Crippen LogP contribution >= 0.6 is 39.1 Å². The van der Waals surface area contributed by atoms with Crippen LogP contribution in [0.15, 0.2) is 70.0 Å². The molecule has 3 aromatic rings. The van der Waals surface area contributed by atoms with Crippen molar-refractivity contribution in [1.29, 1.82) is 0 Å². The second-order valence-corrected chi connectivity index (χ2v) is 12.0. The number of nitrogens with one attached hydrogen (secondary N) is 1. The number of carbonyl (C=O) groups excluding carboxylic acids is 1. The fourth-order valence-electron chi connectivity index (χ4n) is 4.01. The molecule has 190 valence electrons. The van der Waals surface area contributed by atoms with Gasteiger partial charge in [0.05, 0.1) is 28.3 Å². The molecule has 1 aliphatic rings. The van der Waals surface area contributed by atoms with Gasteiger partial charge in [-0.25, -0.2) is 8.42 Å². The molecule has 3 aromatic carbocycles. The maximum Gasteiger partial charge on any atom is 0.263 e. The molecule has 0 spiro atoms. The van der Waals surface area contributed by atoms with E-state index in [4.69, 9.17) is 27.9 Å². The van der Waals surface area contributed by atoms with E-state index in [1.165, 1.54) is 12.1 Å². The average Bonchev–Trinajstić information content (AvgIpc) is 2.83. The van der Waals surface area contributed by atoms with Crippen molar-refractivity contribution in [3.8, 4) is 0 Å². The summed E-state index contributed by atoms with van der Waals surface area (Å²) in [6, 6.07) is 17.5. The summed E-state index contributed by atoms with van der Waals surface area (Å²) in [7, 11) is -4.04. The minimum atomic E-state index is -4.04. The predicted molar refractivity (Wildman–Crippen MR) is 146 cm³/mol. The van der Waals surface area contributed by atoms with Gasteiger partial charge in [-0.2, -0.15) is 0 Å². The van der Waals surface area contributed by atoms with E-state index >= 15 is 0 Å². The molecule has 1 heterocycles. The summed E-state index contributed by atoms with van der Waals surface area (Å²) in [5.41, 5.74) is 2.48. The topological polar surface area (TPSA) is 75.7 Å². The molecule has 0 saturated carbocycles. The number of hydrogen-bond acceptors (Lipinski definition) is 4. The van der Waals surface area contributed by atoms with Gasteiger partial charge in [0.25, 0.3) is 15.9 Å². The highest BCUT2D eigenvalue weighted by Crippen LogP contribution is 2.31. The van der Waals surface area contributed by atoms with E-state index in [1.54, 1.807) is 23.1 Å². The van der Waals surface area contributed by atoms with E-state index in [1.807, 2.05) is 37.3 Å². The lowest BCUT2D eigenvalue weighted by Crippen LogP contribution is -2.41. The number of amides is 1. The Morgan fingerprint density at radius 2 is 1.75 bits per heavy atom. The number of carbonyl (C=O) groups is 1. The van der Waals surface area contributed by atoms with Gasteiger partial charge < -0.3 is 9.64 Å². The zero-order valence-electron chi connectivity index (χ0n) is 19.5. The van der Waals surface area contributed by atoms with E-state index in [-0.39, 0.29) is 32.5 Å². The molecular formula is C26H25BrCl2N2O4S. The molecule has 0 atom stereocenters. The summed E-state index contributed by atoms with van der Waals surface area (Å²) in [5.74, 6) is -0.338. The molecule has 4 rings (SSSR count). The van der Waals surface area contributed by atoms with Crippen molar-refractivity contribution in [2.45, 2.75) is 37.4 Å². The highest BCUT2D eigenvalue weighted by molar-refractivity contribution is 9.10. The zero-order chi connectivity index (χ0) is 25.9. The van der Waals surface area contributed by atoms with Crippen molar-refractivity contribution in [3.05, 3.63) is 91.9 Å². The van der Waals surface area contributed by atoms with Crippen molar-refractivity contribution in [2.75, 3.05) is 17.8 Å². The van der Waals surface area contributed by atoms with Crippen LogP contribution in [0.3, 0.4) is 0 Å². The number of ether oxygens (including phenoxy) is 1. The molecule has 36 heavy (non-hydrogen) atoms. The lowest BCUT2D eigenvalue weighted by atomic mass is 10.1. The molecule has 1 N–H and O–H groups in total. The Hall–Kier alpha value is -2.10. The summed E-state index contributed by atoms with van der Waals surface area (Å²) >= 11 is 16.0. The van der Waals surface area contributed by atoms with Crippen molar-refractivity contribution in [3.63, 3.8) is 0 Å². The number of aryl methyl sites for hydroxylation is 1. The van der Waals surface area contributed by atoms with Crippen LogP contribution in [-0.4, -0.2) is 38.4 Å². The Morgan fingerprint density at radius 3 is 2.42 bits per heavy atom. The first-order valence-electron chi connectivity index (χ1n) is 11.4. The number of benzene rings is 3. The third-order valence-corrected chi connectivity index (χ3v) is 8.63. The molecule has 6 nitrogen and oxygen atoms in total. The van der Waals surface area contributed by atoms with E-state index in [0.29, 0.717) is 38.2 Å². The summed E-state index contributed by atoms with van der Waals surface area (Å²) < 4.78 is 35.7. The molecule has 1 saturated heterocycles. The highest BCUT2D eigenvalue weighted by Gasteiger charge is 2.28. The van der Waals surface area contributed by atoms with Crippen molar-refractivity contribution in [2.24, 2.45) is 0 Å². The van der Waals surface area contributed by atoms with E-state index in [9.17, 15) is 13.2 Å². The zero-order valence-corrected chi connectivity index (χ0v) is 23.4. The van der Waals surface area contributed by atoms with Crippen LogP contribution in [0, 0.1) is 6.92 Å². The Kier molecular flexibility index (Phi) is 8.63. The van der Waals surface area contributed by atoms with Gasteiger partial charge in [-0.3, -0.25) is 9.52 Å². The van der Waals surface area contributed by atoms with Crippen LogP contribution in [-0.2, 0) is 21.4 Å². The molecule has 0 bridgehead atoms. The minimum absolute atomic E-state index is 0.0351. The highest BCUT2D eigenvalue weighted by atomic mass is 79.9. The quantitative estimate of drug-likeness (QED) is 0.323. The second-order valence-electron chi connectivity index (χ2n) is 8.67. The maximum absolute atomic E-state index is 13.3. The fourth-order valence-corrected chi connectivity index (χ4v) is 6.18. The number of rotatable bonds is 7. The van der Waals surface area contributed by atoms with Gasteiger partial charge in [0.15, 0.2) is 0 Å². The number of piperidine rings is 1. The van der Waals surface area contributed by atoms with Crippen molar-refractivity contribution < 1.29 is 17.9 Å². The lowest BCUT2D eigenvalue weighted by molar-refractivity contribution is -0.000383. The fraction of sp³-hybridized carbons (Fsp3) is 0.269. The second kappa shape index (κ2) is 11.5. The first kappa shape index (κ1) is 26.9. The van der Waals surface area contributed by atoms with Crippen LogP contribution in [0.4, 0.5) is 5.69 Å². The number of anilines is 1. The number of likely N-dealkylation sites (tertiary alicyclic amines) is 1. The largest absolute Gasteiger partial charge is 0.373 e. The molecule has 10 heteroatoms. The lowest BCUT2D eigenvalue weighted by Gasteiger charge is -2.32. The van der Waals surface area contributed by atoms with Crippen molar-refractivity contribution in [1.82, 2.24) is 4.90 Å². The van der Waals surface area contributed by atoms with Crippen LogP contribution in [0.1, 0.15) is 34.3 Å². The first-order chi connectivity index (χ1) is 17.1. The Bertz CT molecular complexity index is 1360. The number of sulfonamides is 1. The SMILES string of the molecule is Cc1cccc(NS(=O)(=O)c2cc(C(=O)N3CCC(OCc4ccc(Br)cc4)CC3)c(Cl)cc2Cl)c1. The molecule has 0 unspecified atom stereocenters. The Labute approximate surface area is 229 Å². The van der Waals surface area contributed by atoms with Gasteiger partial charge >= 0.3 is 0 Å². The average molecular weight is 612 g/mol. The molecular weight excluding hydrogens is 587 g/mol. The van der Waals surface area contributed by atoms with Crippen molar-refractivity contribution >= 4 is 60.7 Å². The standard InChI is InChI=1S/C26H25BrCl2N2O4S/c1-17-3-2-4-20(13-17)30-36(33,34)25-14-22(23(28)15-24(25)29)26(32)31-11-9-21(10-12-31)35-16-18-5-7-19(27)8-6-18/h2-8,13-15,21,30H,9-12,16H2,1H3. The first-order valence-corrected chi connectivity index (χ1v) is 14.4. The van der Waals surface area contributed by atoms with E-state index < -0.39 is 10.0 Å². The third kappa shape index (κ3) is 6.61. The molecule has 1 amide bonds. The monoisotopic (exact) mass is 610 g/mol. The van der Waals surface area contributed by atoms with E-state index in [2.05, 4.69) is 20.7 Å². The summed E-state index contributed by atoms with van der Waals surface area (Å²) in [6.45, 7) is 3.32.